The maximum Gasteiger partial charge on any atom is 0.261 e. The second-order valence-electron chi connectivity index (χ2n) is 11.2. The highest BCUT2D eigenvalue weighted by Gasteiger charge is 2.52. The standard InChI is InChI=1S/C32H38O2Si/c1-31(2,3)35(27-18-10-6-11-19-27,28-20-12-7-13-21-28)34-25-32(4)24-23-30(33)29(32)22-14-17-26-15-8-5-9-16-26/h5-16,18-22,29H,17,23-25H2,1-4H3/b22-14-/t29-,32+/m0/s1. The van der Waals surface area contributed by atoms with Crippen molar-refractivity contribution in [2.45, 2.75) is 52.0 Å². The van der Waals surface area contributed by atoms with E-state index in [4.69, 9.17) is 4.43 Å². The molecule has 3 heteroatoms. The van der Waals surface area contributed by atoms with Crippen LogP contribution in [0, 0.1) is 11.3 Å². The van der Waals surface area contributed by atoms with E-state index in [1.54, 1.807) is 0 Å². The van der Waals surface area contributed by atoms with E-state index in [1.165, 1.54) is 15.9 Å². The quantitative estimate of drug-likeness (QED) is 0.276. The Bertz CT molecular complexity index is 1090. The van der Waals surface area contributed by atoms with Crippen LogP contribution in [0.3, 0.4) is 0 Å². The minimum absolute atomic E-state index is 0.0761. The first-order valence-electron chi connectivity index (χ1n) is 12.7. The van der Waals surface area contributed by atoms with E-state index in [0.717, 1.165) is 12.8 Å². The lowest BCUT2D eigenvalue weighted by atomic mass is 9.80. The first kappa shape index (κ1) is 25.3. The van der Waals surface area contributed by atoms with Crippen molar-refractivity contribution in [1.82, 2.24) is 0 Å². The van der Waals surface area contributed by atoms with Gasteiger partial charge in [0, 0.05) is 24.4 Å². The third kappa shape index (κ3) is 5.27. The summed E-state index contributed by atoms with van der Waals surface area (Å²) in [6, 6.07) is 31.9. The lowest BCUT2D eigenvalue weighted by Gasteiger charge is -2.45. The molecule has 2 atom stereocenters. The Morgan fingerprint density at radius 2 is 1.40 bits per heavy atom. The summed E-state index contributed by atoms with van der Waals surface area (Å²) in [6.45, 7) is 9.73. The summed E-state index contributed by atoms with van der Waals surface area (Å²) in [6.07, 6.45) is 6.66. The highest BCUT2D eigenvalue weighted by molar-refractivity contribution is 6.99. The summed E-state index contributed by atoms with van der Waals surface area (Å²) >= 11 is 0. The molecule has 2 nitrogen and oxygen atoms in total. The van der Waals surface area contributed by atoms with E-state index in [1.807, 2.05) is 6.07 Å². The molecule has 0 amide bonds. The fourth-order valence-electron chi connectivity index (χ4n) is 5.60. The fraction of sp³-hybridized carbons (Fsp3) is 0.344. The zero-order valence-electron chi connectivity index (χ0n) is 21.5. The first-order valence-corrected chi connectivity index (χ1v) is 14.7. The number of benzene rings is 3. The summed E-state index contributed by atoms with van der Waals surface area (Å²) in [4.78, 5) is 13.0. The average Bonchev–Trinajstić information content (AvgIpc) is 3.14. The van der Waals surface area contributed by atoms with E-state index in [0.29, 0.717) is 18.8 Å². The van der Waals surface area contributed by atoms with Gasteiger partial charge in [-0.15, -0.1) is 0 Å². The largest absolute Gasteiger partial charge is 0.407 e. The molecule has 35 heavy (non-hydrogen) atoms. The van der Waals surface area contributed by atoms with Crippen LogP contribution in [0.25, 0.3) is 0 Å². The number of rotatable bonds is 8. The van der Waals surface area contributed by atoms with Gasteiger partial charge < -0.3 is 4.43 Å². The monoisotopic (exact) mass is 482 g/mol. The number of carbonyl (C=O) groups excluding carboxylic acids is 1. The molecule has 0 radical (unpaired) electrons. The molecule has 0 heterocycles. The van der Waals surface area contributed by atoms with Crippen LogP contribution < -0.4 is 10.4 Å². The van der Waals surface area contributed by atoms with Crippen LogP contribution in [0.15, 0.2) is 103 Å². The molecule has 0 aliphatic heterocycles. The molecule has 0 aromatic heterocycles. The molecule has 0 spiro atoms. The minimum atomic E-state index is -2.63. The molecule has 1 saturated carbocycles. The van der Waals surface area contributed by atoms with Gasteiger partial charge in [0.25, 0.3) is 8.32 Å². The molecule has 0 unspecified atom stereocenters. The number of carbonyl (C=O) groups is 1. The molecular formula is C32H38O2Si. The van der Waals surface area contributed by atoms with Crippen LogP contribution in [0.2, 0.25) is 5.04 Å². The van der Waals surface area contributed by atoms with Gasteiger partial charge in [-0.05, 0) is 33.8 Å². The minimum Gasteiger partial charge on any atom is -0.407 e. The van der Waals surface area contributed by atoms with E-state index in [2.05, 4.69) is 125 Å². The van der Waals surface area contributed by atoms with Crippen molar-refractivity contribution in [1.29, 1.82) is 0 Å². The Balaban J connectivity index is 1.65. The second kappa shape index (κ2) is 10.5. The van der Waals surface area contributed by atoms with Crippen molar-refractivity contribution in [3.8, 4) is 0 Å². The van der Waals surface area contributed by atoms with E-state index < -0.39 is 8.32 Å². The fourth-order valence-corrected chi connectivity index (χ4v) is 10.3. The second-order valence-corrected chi connectivity index (χ2v) is 15.5. The molecular weight excluding hydrogens is 444 g/mol. The number of Topliss-reactive ketones (excluding diaryl/α,β-unsaturated/α-hetero) is 1. The van der Waals surface area contributed by atoms with Crippen LogP contribution in [-0.4, -0.2) is 20.7 Å². The summed E-state index contributed by atoms with van der Waals surface area (Å²) in [7, 11) is -2.63. The van der Waals surface area contributed by atoms with Crippen molar-refractivity contribution in [2.24, 2.45) is 11.3 Å². The molecule has 4 rings (SSSR count). The summed E-state index contributed by atoms with van der Waals surface area (Å²) in [5, 5.41) is 2.48. The van der Waals surface area contributed by atoms with Crippen molar-refractivity contribution in [2.75, 3.05) is 6.61 Å². The Hall–Kier alpha value is -2.75. The van der Waals surface area contributed by atoms with Gasteiger partial charge in [0.2, 0.25) is 0 Å². The zero-order valence-corrected chi connectivity index (χ0v) is 22.5. The van der Waals surface area contributed by atoms with Crippen LogP contribution in [0.1, 0.15) is 46.1 Å². The van der Waals surface area contributed by atoms with Crippen LogP contribution in [-0.2, 0) is 15.6 Å². The van der Waals surface area contributed by atoms with Crippen molar-refractivity contribution < 1.29 is 9.22 Å². The molecule has 0 bridgehead atoms. The highest BCUT2D eigenvalue weighted by atomic mass is 28.4. The normalized spacial score (nSPS) is 21.0. The van der Waals surface area contributed by atoms with Gasteiger partial charge >= 0.3 is 0 Å². The molecule has 1 aliphatic rings. The summed E-state index contributed by atoms with van der Waals surface area (Å²) < 4.78 is 7.25. The van der Waals surface area contributed by atoms with E-state index in [9.17, 15) is 4.79 Å². The number of hydrogen-bond acceptors (Lipinski definition) is 2. The van der Waals surface area contributed by atoms with Crippen molar-refractivity contribution in [3.63, 3.8) is 0 Å². The number of ketones is 1. The topological polar surface area (TPSA) is 26.3 Å². The third-order valence-corrected chi connectivity index (χ3v) is 12.6. The molecule has 0 N–H and O–H groups in total. The predicted molar refractivity (Wildman–Crippen MR) is 149 cm³/mol. The van der Waals surface area contributed by atoms with Gasteiger partial charge in [0.1, 0.15) is 5.78 Å². The Morgan fingerprint density at radius 1 is 0.886 bits per heavy atom. The van der Waals surface area contributed by atoms with Crippen molar-refractivity contribution >= 4 is 24.5 Å². The molecule has 182 valence electrons. The molecule has 3 aromatic rings. The summed E-state index contributed by atoms with van der Waals surface area (Å²) in [5.74, 6) is 0.229. The van der Waals surface area contributed by atoms with Gasteiger partial charge in [-0.2, -0.15) is 0 Å². The Labute approximate surface area is 212 Å². The maximum absolute atomic E-state index is 13.0. The van der Waals surface area contributed by atoms with Gasteiger partial charge in [-0.1, -0.05) is 131 Å². The predicted octanol–water partition coefficient (Wildman–Crippen LogP) is 6.35. The van der Waals surface area contributed by atoms with Gasteiger partial charge in [-0.3, -0.25) is 4.79 Å². The Morgan fingerprint density at radius 3 is 1.91 bits per heavy atom. The van der Waals surface area contributed by atoms with Crippen LogP contribution in [0.4, 0.5) is 0 Å². The zero-order chi connectivity index (χ0) is 24.9. The number of allylic oxidation sites excluding steroid dienone is 2. The smallest absolute Gasteiger partial charge is 0.261 e. The molecule has 1 fully saturated rings. The Kier molecular flexibility index (Phi) is 7.58. The van der Waals surface area contributed by atoms with Crippen molar-refractivity contribution in [3.05, 3.63) is 109 Å². The highest BCUT2D eigenvalue weighted by Crippen LogP contribution is 2.44. The summed E-state index contributed by atoms with van der Waals surface area (Å²) in [5.41, 5.74) is 1.05. The van der Waals surface area contributed by atoms with Gasteiger partial charge in [-0.25, -0.2) is 0 Å². The van der Waals surface area contributed by atoms with E-state index in [-0.39, 0.29) is 16.4 Å². The first-order chi connectivity index (χ1) is 16.8. The average molecular weight is 483 g/mol. The third-order valence-electron chi connectivity index (χ3n) is 7.60. The molecule has 0 saturated heterocycles. The van der Waals surface area contributed by atoms with Crippen LogP contribution >= 0.6 is 0 Å². The molecule has 1 aliphatic carbocycles. The van der Waals surface area contributed by atoms with E-state index >= 15 is 0 Å². The lowest BCUT2D eigenvalue weighted by molar-refractivity contribution is -0.120. The van der Waals surface area contributed by atoms with Gasteiger partial charge in [0.05, 0.1) is 0 Å². The lowest BCUT2D eigenvalue weighted by Crippen LogP contribution is -2.67. The number of hydrogen-bond donors (Lipinski definition) is 0. The SMILES string of the molecule is CC(C)(C)[Si](OC[C@@]1(C)CCC(=O)[C@@H]1/C=C\Cc1ccccc1)(c1ccccc1)c1ccccc1. The maximum atomic E-state index is 13.0. The van der Waals surface area contributed by atoms with Gasteiger partial charge in [0.15, 0.2) is 0 Å². The van der Waals surface area contributed by atoms with Crippen LogP contribution in [0.5, 0.6) is 0 Å². The molecule has 3 aromatic carbocycles.